The van der Waals surface area contributed by atoms with Crippen LogP contribution < -0.4 is 10.2 Å². The molecule has 0 amide bonds. The Morgan fingerprint density at radius 1 is 1.26 bits per heavy atom. The number of nitrogens with one attached hydrogen (secondary N) is 1. The first-order chi connectivity index (χ1) is 13.1. The summed E-state index contributed by atoms with van der Waals surface area (Å²) < 4.78 is 0. The molecule has 0 saturated carbocycles. The van der Waals surface area contributed by atoms with Crippen molar-refractivity contribution >= 4 is 11.6 Å². The van der Waals surface area contributed by atoms with Gasteiger partial charge in [-0.2, -0.15) is 0 Å². The molecule has 2 N–H and O–H groups in total. The molecule has 0 radical (unpaired) electrons. The number of fused-ring (bicyclic) bond motifs is 1. The molecular formula is C20H28N6O. The van der Waals surface area contributed by atoms with Gasteiger partial charge in [-0.15, -0.1) is 0 Å². The Balaban J connectivity index is 1.47. The van der Waals surface area contributed by atoms with Crippen LogP contribution in [0.4, 0.5) is 11.6 Å². The Labute approximate surface area is 160 Å². The highest BCUT2D eigenvalue weighted by Gasteiger charge is 2.32. The van der Waals surface area contributed by atoms with Gasteiger partial charge in [0.1, 0.15) is 18.0 Å². The molecule has 2 aromatic heterocycles. The second kappa shape index (κ2) is 7.78. The minimum atomic E-state index is -0.306. The van der Waals surface area contributed by atoms with Crippen molar-refractivity contribution in [3.63, 3.8) is 0 Å². The highest BCUT2D eigenvalue weighted by atomic mass is 16.3. The van der Waals surface area contributed by atoms with Gasteiger partial charge >= 0.3 is 0 Å². The van der Waals surface area contributed by atoms with E-state index in [9.17, 15) is 5.11 Å². The summed E-state index contributed by atoms with van der Waals surface area (Å²) in [7, 11) is 4.12. The molecule has 0 aromatic carbocycles. The maximum atomic E-state index is 10.1. The zero-order valence-corrected chi connectivity index (χ0v) is 16.1. The summed E-state index contributed by atoms with van der Waals surface area (Å²) in [5.74, 6) is 1.67. The maximum absolute atomic E-state index is 10.1. The molecule has 1 fully saturated rings. The molecule has 0 bridgehead atoms. The van der Waals surface area contributed by atoms with E-state index in [-0.39, 0.29) is 12.1 Å². The molecule has 0 spiro atoms. The van der Waals surface area contributed by atoms with E-state index < -0.39 is 0 Å². The first-order valence-corrected chi connectivity index (χ1v) is 9.70. The number of aliphatic hydroxyl groups excluding tert-OH is 1. The van der Waals surface area contributed by atoms with Crippen LogP contribution in [0, 0.1) is 0 Å². The lowest BCUT2D eigenvalue weighted by Gasteiger charge is -2.27. The van der Waals surface area contributed by atoms with E-state index in [1.165, 1.54) is 23.1 Å². The number of aryl methyl sites for hydroxylation is 1. The minimum absolute atomic E-state index is 0.263. The first kappa shape index (κ1) is 18.1. The quantitative estimate of drug-likeness (QED) is 0.799. The second-order valence-corrected chi connectivity index (χ2v) is 7.86. The molecule has 2 aromatic rings. The molecule has 1 aliphatic carbocycles. The highest BCUT2D eigenvalue weighted by molar-refractivity contribution is 5.51. The van der Waals surface area contributed by atoms with Crippen LogP contribution in [0.5, 0.6) is 0 Å². The topological polar surface area (TPSA) is 77.4 Å². The number of likely N-dealkylation sites (N-methyl/N-ethyl adjacent to an activating group) is 1. The van der Waals surface area contributed by atoms with Gasteiger partial charge in [0.15, 0.2) is 0 Å². The SMILES string of the molecule is CN(C)C[C@H]1C[C@@H](O)CN1c1cc(NCc2cncc3c2CCC3)ncn1. The van der Waals surface area contributed by atoms with Gasteiger partial charge in [-0.05, 0) is 56.5 Å². The lowest BCUT2D eigenvalue weighted by atomic mass is 10.1. The fourth-order valence-corrected chi connectivity index (χ4v) is 4.28. The number of aliphatic hydroxyl groups is 1. The fraction of sp³-hybridized carbons (Fsp3) is 0.550. The van der Waals surface area contributed by atoms with Crippen LogP contribution in [-0.2, 0) is 19.4 Å². The van der Waals surface area contributed by atoms with Crippen LogP contribution in [0.15, 0.2) is 24.8 Å². The van der Waals surface area contributed by atoms with Gasteiger partial charge in [0.05, 0.1) is 6.10 Å². The van der Waals surface area contributed by atoms with Crippen LogP contribution in [0.25, 0.3) is 0 Å². The van der Waals surface area contributed by atoms with Crippen LogP contribution in [0.3, 0.4) is 0 Å². The summed E-state index contributed by atoms with van der Waals surface area (Å²) in [5.41, 5.74) is 4.09. The fourth-order valence-electron chi connectivity index (χ4n) is 4.28. The number of rotatable bonds is 6. The van der Waals surface area contributed by atoms with E-state index in [0.717, 1.165) is 44.0 Å². The predicted octanol–water partition coefficient (Wildman–Crippen LogP) is 1.47. The number of β-amino-alcohol motifs (C(OH)–C–C–N with tert-alkyl or cyclic N) is 1. The van der Waals surface area contributed by atoms with Gasteiger partial charge in [0, 0.05) is 44.1 Å². The Morgan fingerprint density at radius 2 is 2.15 bits per heavy atom. The third-order valence-corrected chi connectivity index (χ3v) is 5.48. The van der Waals surface area contributed by atoms with E-state index in [1.807, 2.05) is 18.5 Å². The van der Waals surface area contributed by atoms with Gasteiger partial charge in [-0.3, -0.25) is 4.98 Å². The zero-order valence-electron chi connectivity index (χ0n) is 16.1. The largest absolute Gasteiger partial charge is 0.391 e. The third-order valence-electron chi connectivity index (χ3n) is 5.48. The normalized spacial score (nSPS) is 21.7. The molecule has 2 aliphatic rings. The molecule has 144 valence electrons. The molecular weight excluding hydrogens is 340 g/mol. The van der Waals surface area contributed by atoms with Crippen LogP contribution in [0.1, 0.15) is 29.5 Å². The van der Waals surface area contributed by atoms with Gasteiger partial charge in [-0.1, -0.05) is 0 Å². The smallest absolute Gasteiger partial charge is 0.134 e. The monoisotopic (exact) mass is 368 g/mol. The van der Waals surface area contributed by atoms with E-state index in [4.69, 9.17) is 0 Å². The van der Waals surface area contributed by atoms with Gasteiger partial charge in [-0.25, -0.2) is 9.97 Å². The van der Waals surface area contributed by atoms with Crippen molar-refractivity contribution in [1.29, 1.82) is 0 Å². The number of hydrogen-bond donors (Lipinski definition) is 2. The highest BCUT2D eigenvalue weighted by Crippen LogP contribution is 2.27. The van der Waals surface area contributed by atoms with E-state index in [1.54, 1.807) is 6.33 Å². The van der Waals surface area contributed by atoms with Gasteiger partial charge in [0.2, 0.25) is 0 Å². The molecule has 7 heteroatoms. The first-order valence-electron chi connectivity index (χ1n) is 9.70. The average molecular weight is 368 g/mol. The van der Waals surface area contributed by atoms with Gasteiger partial charge in [0.25, 0.3) is 0 Å². The number of hydrogen-bond acceptors (Lipinski definition) is 7. The van der Waals surface area contributed by atoms with Crippen LogP contribution >= 0.6 is 0 Å². The summed E-state index contributed by atoms with van der Waals surface area (Å²) in [6, 6.07) is 2.25. The lowest BCUT2D eigenvalue weighted by molar-refractivity contribution is 0.191. The number of nitrogens with zero attached hydrogens (tertiary/aromatic N) is 5. The number of pyridine rings is 1. The van der Waals surface area contributed by atoms with Crippen LogP contribution in [-0.4, -0.2) is 64.3 Å². The lowest BCUT2D eigenvalue weighted by Crippen LogP contribution is -2.38. The summed E-state index contributed by atoms with van der Waals surface area (Å²) in [4.78, 5) is 17.6. The molecule has 1 saturated heterocycles. The summed E-state index contributed by atoms with van der Waals surface area (Å²) in [5, 5.41) is 13.6. The third kappa shape index (κ3) is 4.04. The summed E-state index contributed by atoms with van der Waals surface area (Å²) in [6.07, 6.45) is 9.52. The minimum Gasteiger partial charge on any atom is -0.391 e. The molecule has 7 nitrogen and oxygen atoms in total. The van der Waals surface area contributed by atoms with Crippen molar-refractivity contribution in [1.82, 2.24) is 19.9 Å². The van der Waals surface area contributed by atoms with Crippen molar-refractivity contribution in [2.45, 2.75) is 44.4 Å². The van der Waals surface area contributed by atoms with Crippen LogP contribution in [0.2, 0.25) is 0 Å². The average Bonchev–Trinajstić information content (AvgIpc) is 3.26. The van der Waals surface area contributed by atoms with E-state index in [0.29, 0.717) is 6.54 Å². The van der Waals surface area contributed by atoms with Crippen molar-refractivity contribution in [2.24, 2.45) is 0 Å². The summed E-state index contributed by atoms with van der Waals surface area (Å²) >= 11 is 0. The standard InChI is InChI=1S/C20H28N6O/c1-25(2)11-16-6-17(27)12-26(16)20-7-19(23-13-24-20)22-10-15-9-21-8-14-4-3-5-18(14)15/h7-9,13,16-17,27H,3-6,10-12H2,1-2H3,(H,22,23,24)/t16-,17-/m1/s1. The van der Waals surface area contributed by atoms with E-state index >= 15 is 0 Å². The second-order valence-electron chi connectivity index (χ2n) is 7.86. The van der Waals surface area contributed by atoms with Crippen molar-refractivity contribution < 1.29 is 5.11 Å². The Kier molecular flexibility index (Phi) is 5.22. The Bertz CT molecular complexity index is 796. The molecule has 0 unspecified atom stereocenters. The van der Waals surface area contributed by atoms with Crippen molar-refractivity contribution in [2.75, 3.05) is 37.4 Å². The Morgan fingerprint density at radius 3 is 3.00 bits per heavy atom. The summed E-state index contributed by atoms with van der Waals surface area (Å²) in [6.45, 7) is 2.23. The number of aromatic nitrogens is 3. The molecule has 3 heterocycles. The zero-order chi connectivity index (χ0) is 18.8. The van der Waals surface area contributed by atoms with E-state index in [2.05, 4.69) is 44.2 Å². The molecule has 27 heavy (non-hydrogen) atoms. The maximum Gasteiger partial charge on any atom is 0.134 e. The Hall–Kier alpha value is -2.25. The molecule has 4 rings (SSSR count). The number of anilines is 2. The van der Waals surface area contributed by atoms with Gasteiger partial charge < -0.3 is 20.2 Å². The molecule has 1 aliphatic heterocycles. The van der Waals surface area contributed by atoms with Crippen molar-refractivity contribution in [3.05, 3.63) is 41.5 Å². The van der Waals surface area contributed by atoms with Crippen molar-refractivity contribution in [3.8, 4) is 0 Å². The molecule has 2 atom stereocenters. The predicted molar refractivity (Wildman–Crippen MR) is 106 cm³/mol.